The fourth-order valence-corrected chi connectivity index (χ4v) is 1.79. The van der Waals surface area contributed by atoms with Gasteiger partial charge in [-0.15, -0.1) is 0 Å². The van der Waals surface area contributed by atoms with E-state index >= 15 is 0 Å². The van der Waals surface area contributed by atoms with Crippen LogP contribution in [0.25, 0.3) is 0 Å². The molecule has 1 amide bonds. The van der Waals surface area contributed by atoms with Crippen molar-refractivity contribution in [2.75, 3.05) is 0 Å². The van der Waals surface area contributed by atoms with Crippen LogP contribution in [0.1, 0.15) is 17.7 Å². The molecule has 0 fully saturated rings. The Hall–Kier alpha value is -2.71. The van der Waals surface area contributed by atoms with Gasteiger partial charge in [-0.05, 0) is 6.92 Å². The number of aromatic nitrogens is 4. The maximum absolute atomic E-state index is 11.7. The lowest BCUT2D eigenvalue weighted by Gasteiger charge is -2.05. The van der Waals surface area contributed by atoms with Gasteiger partial charge in [-0.2, -0.15) is 10.2 Å². The number of hydrogen-bond donors (Lipinski definition) is 1. The molecule has 0 atom stereocenters. The van der Waals surface area contributed by atoms with Gasteiger partial charge in [0.1, 0.15) is 12.4 Å². The molecule has 0 spiro atoms. The maximum Gasteiger partial charge on any atom is 0.306 e. The minimum Gasteiger partial charge on any atom is -0.352 e. The lowest BCUT2D eigenvalue weighted by Crippen LogP contribution is -2.24. The summed E-state index contributed by atoms with van der Waals surface area (Å²) in [6, 6.07) is 0. The maximum atomic E-state index is 11.7. The Balaban J connectivity index is 1.79. The SMILES string of the molecule is Cc1c(CNC(=O)CCn2cc([N+](=O)[O-])cn2)cnn1C. The Morgan fingerprint density at radius 2 is 2.19 bits per heavy atom. The number of carbonyl (C=O) groups excluding carboxylic acids is 1. The largest absolute Gasteiger partial charge is 0.352 e. The van der Waals surface area contributed by atoms with E-state index in [9.17, 15) is 14.9 Å². The Morgan fingerprint density at radius 3 is 2.76 bits per heavy atom. The van der Waals surface area contributed by atoms with E-state index in [0.717, 1.165) is 17.5 Å². The monoisotopic (exact) mass is 292 g/mol. The van der Waals surface area contributed by atoms with E-state index in [1.165, 1.54) is 10.9 Å². The van der Waals surface area contributed by atoms with Crippen molar-refractivity contribution in [2.45, 2.75) is 26.4 Å². The zero-order valence-electron chi connectivity index (χ0n) is 11.8. The molecule has 9 nitrogen and oxygen atoms in total. The third-order valence-electron chi connectivity index (χ3n) is 3.21. The van der Waals surface area contributed by atoms with Crippen LogP contribution in [0.15, 0.2) is 18.6 Å². The molecular formula is C12H16N6O3. The van der Waals surface area contributed by atoms with Crippen LogP contribution in [0.3, 0.4) is 0 Å². The molecule has 0 saturated heterocycles. The number of aryl methyl sites for hydroxylation is 2. The van der Waals surface area contributed by atoms with Gasteiger partial charge in [0.25, 0.3) is 0 Å². The van der Waals surface area contributed by atoms with Crippen LogP contribution in [0, 0.1) is 17.0 Å². The fourth-order valence-electron chi connectivity index (χ4n) is 1.79. The average molecular weight is 292 g/mol. The minimum atomic E-state index is -0.519. The predicted molar refractivity (Wildman–Crippen MR) is 73.3 cm³/mol. The van der Waals surface area contributed by atoms with E-state index in [2.05, 4.69) is 15.5 Å². The number of nitro groups is 1. The third kappa shape index (κ3) is 3.65. The number of rotatable bonds is 6. The first kappa shape index (κ1) is 14.7. The molecule has 0 radical (unpaired) electrons. The van der Waals surface area contributed by atoms with Crippen molar-refractivity contribution < 1.29 is 9.72 Å². The highest BCUT2D eigenvalue weighted by Gasteiger charge is 2.10. The minimum absolute atomic E-state index is 0.0820. The molecule has 2 heterocycles. The molecule has 21 heavy (non-hydrogen) atoms. The second-order valence-corrected chi connectivity index (χ2v) is 4.62. The van der Waals surface area contributed by atoms with Gasteiger partial charge >= 0.3 is 5.69 Å². The topological polar surface area (TPSA) is 108 Å². The van der Waals surface area contributed by atoms with E-state index < -0.39 is 4.92 Å². The summed E-state index contributed by atoms with van der Waals surface area (Å²) in [5.74, 6) is -0.142. The Kier molecular flexibility index (Phi) is 4.31. The summed E-state index contributed by atoms with van der Waals surface area (Å²) in [6.45, 7) is 2.64. The number of nitrogens with zero attached hydrogens (tertiary/aromatic N) is 5. The van der Waals surface area contributed by atoms with Gasteiger partial charge < -0.3 is 5.32 Å². The zero-order valence-corrected chi connectivity index (χ0v) is 11.8. The normalized spacial score (nSPS) is 10.6. The summed E-state index contributed by atoms with van der Waals surface area (Å²) in [4.78, 5) is 21.7. The van der Waals surface area contributed by atoms with Crippen LogP contribution in [-0.4, -0.2) is 30.4 Å². The Bertz CT molecular complexity index is 660. The fraction of sp³-hybridized carbons (Fsp3) is 0.417. The summed E-state index contributed by atoms with van der Waals surface area (Å²) in [5, 5.41) is 21.2. The molecule has 112 valence electrons. The lowest BCUT2D eigenvalue weighted by atomic mass is 10.2. The molecule has 0 aromatic carbocycles. The second-order valence-electron chi connectivity index (χ2n) is 4.62. The molecule has 9 heteroatoms. The molecule has 0 unspecified atom stereocenters. The van der Waals surface area contributed by atoms with Gasteiger partial charge in [0.15, 0.2) is 0 Å². The lowest BCUT2D eigenvalue weighted by molar-refractivity contribution is -0.385. The van der Waals surface area contributed by atoms with E-state index in [1.807, 2.05) is 14.0 Å². The van der Waals surface area contributed by atoms with Gasteiger partial charge in [0.05, 0.1) is 11.1 Å². The molecule has 0 aliphatic carbocycles. The number of carbonyl (C=O) groups is 1. The van der Waals surface area contributed by atoms with Crippen molar-refractivity contribution in [1.29, 1.82) is 0 Å². The Labute approximate surface area is 120 Å². The average Bonchev–Trinajstić information content (AvgIpc) is 3.04. The molecule has 0 bridgehead atoms. The highest BCUT2D eigenvalue weighted by molar-refractivity contribution is 5.75. The van der Waals surface area contributed by atoms with Crippen molar-refractivity contribution in [2.24, 2.45) is 7.05 Å². The first-order chi connectivity index (χ1) is 9.97. The van der Waals surface area contributed by atoms with Crippen LogP contribution in [-0.2, 0) is 24.9 Å². The van der Waals surface area contributed by atoms with Crippen LogP contribution in [0.4, 0.5) is 5.69 Å². The van der Waals surface area contributed by atoms with Crippen molar-refractivity contribution in [3.05, 3.63) is 40.0 Å². The van der Waals surface area contributed by atoms with Gasteiger partial charge in [0, 0.05) is 37.8 Å². The van der Waals surface area contributed by atoms with Crippen LogP contribution in [0.5, 0.6) is 0 Å². The predicted octanol–water partition coefficient (Wildman–Crippen LogP) is 0.540. The van der Waals surface area contributed by atoms with Crippen LogP contribution in [0.2, 0.25) is 0 Å². The van der Waals surface area contributed by atoms with Crippen molar-refractivity contribution in [1.82, 2.24) is 24.9 Å². The molecule has 2 aromatic rings. The van der Waals surface area contributed by atoms with Crippen LogP contribution < -0.4 is 5.32 Å². The summed E-state index contributed by atoms with van der Waals surface area (Å²) in [5.41, 5.74) is 1.87. The van der Waals surface area contributed by atoms with Crippen LogP contribution >= 0.6 is 0 Å². The molecule has 2 aromatic heterocycles. The van der Waals surface area contributed by atoms with Crippen molar-refractivity contribution in [3.8, 4) is 0 Å². The van der Waals surface area contributed by atoms with E-state index in [1.54, 1.807) is 10.9 Å². The molecule has 0 aliphatic heterocycles. The quantitative estimate of drug-likeness (QED) is 0.617. The van der Waals surface area contributed by atoms with E-state index in [4.69, 9.17) is 0 Å². The van der Waals surface area contributed by atoms with Gasteiger partial charge in [0.2, 0.25) is 5.91 Å². The van der Waals surface area contributed by atoms with Gasteiger partial charge in [-0.3, -0.25) is 24.3 Å². The standard InChI is InChI=1S/C12H16N6O3/c1-9-10(6-14-16(9)2)5-13-12(19)3-4-17-8-11(7-15-17)18(20)21/h6-8H,3-5H2,1-2H3,(H,13,19). The van der Waals surface area contributed by atoms with Crippen molar-refractivity contribution >= 4 is 11.6 Å². The van der Waals surface area contributed by atoms with Crippen molar-refractivity contribution in [3.63, 3.8) is 0 Å². The third-order valence-corrected chi connectivity index (χ3v) is 3.21. The Morgan fingerprint density at radius 1 is 1.43 bits per heavy atom. The molecule has 0 saturated carbocycles. The number of hydrogen-bond acceptors (Lipinski definition) is 5. The molecule has 0 aliphatic rings. The molecule has 2 rings (SSSR count). The first-order valence-electron chi connectivity index (χ1n) is 6.38. The summed E-state index contributed by atoms with van der Waals surface area (Å²) >= 11 is 0. The zero-order chi connectivity index (χ0) is 15.4. The highest BCUT2D eigenvalue weighted by atomic mass is 16.6. The summed E-state index contributed by atoms with van der Waals surface area (Å²) < 4.78 is 3.12. The first-order valence-corrected chi connectivity index (χ1v) is 6.38. The highest BCUT2D eigenvalue weighted by Crippen LogP contribution is 2.08. The van der Waals surface area contributed by atoms with Gasteiger partial charge in [-0.1, -0.05) is 0 Å². The summed E-state index contributed by atoms with van der Waals surface area (Å²) in [6.07, 6.45) is 4.39. The number of nitrogens with one attached hydrogen (secondary N) is 1. The number of amides is 1. The smallest absolute Gasteiger partial charge is 0.306 e. The summed E-state index contributed by atoms with van der Waals surface area (Å²) in [7, 11) is 1.84. The van der Waals surface area contributed by atoms with E-state index in [-0.39, 0.29) is 18.0 Å². The van der Waals surface area contributed by atoms with E-state index in [0.29, 0.717) is 13.1 Å². The second kappa shape index (κ2) is 6.16. The molecule has 1 N–H and O–H groups in total. The van der Waals surface area contributed by atoms with Gasteiger partial charge in [-0.25, -0.2) is 0 Å². The molecular weight excluding hydrogens is 276 g/mol.